The van der Waals surface area contributed by atoms with Gasteiger partial charge in [0.05, 0.1) is 6.10 Å². The Morgan fingerprint density at radius 3 is 2.56 bits per heavy atom. The number of amides is 1. The second kappa shape index (κ2) is 5.01. The molecule has 3 atom stereocenters. The first-order valence-corrected chi connectivity index (χ1v) is 5.71. The van der Waals surface area contributed by atoms with Crippen LogP contribution >= 0.6 is 0 Å². The predicted molar refractivity (Wildman–Crippen MR) is 61.0 cm³/mol. The third kappa shape index (κ3) is 4.37. The molecule has 0 radical (unpaired) electrons. The summed E-state index contributed by atoms with van der Waals surface area (Å²) in [4.78, 5) is 11.5. The van der Waals surface area contributed by atoms with Crippen molar-refractivity contribution in [2.45, 2.75) is 63.8 Å². The van der Waals surface area contributed by atoms with Gasteiger partial charge in [-0.05, 0) is 40.0 Å². The van der Waals surface area contributed by atoms with Crippen LogP contribution in [0.4, 0.5) is 4.79 Å². The summed E-state index contributed by atoms with van der Waals surface area (Å²) in [5, 5.41) is 12.3. The van der Waals surface area contributed by atoms with Crippen LogP contribution in [0.2, 0.25) is 0 Å². The summed E-state index contributed by atoms with van der Waals surface area (Å²) >= 11 is 0. The Morgan fingerprint density at radius 1 is 1.44 bits per heavy atom. The lowest BCUT2D eigenvalue weighted by Gasteiger charge is -2.31. The van der Waals surface area contributed by atoms with Gasteiger partial charge in [-0.25, -0.2) is 4.79 Å². The third-order valence-corrected chi connectivity index (χ3v) is 2.59. The fourth-order valence-electron chi connectivity index (χ4n) is 1.78. The van der Waals surface area contributed by atoms with Gasteiger partial charge in [-0.2, -0.15) is 0 Å². The first-order valence-electron chi connectivity index (χ1n) is 5.71. The van der Waals surface area contributed by atoms with Crippen LogP contribution in [0.3, 0.4) is 0 Å². The van der Waals surface area contributed by atoms with Crippen LogP contribution in [0.5, 0.6) is 0 Å². The van der Waals surface area contributed by atoms with Crippen molar-refractivity contribution in [1.29, 1.82) is 0 Å². The highest BCUT2D eigenvalue weighted by Crippen LogP contribution is 2.18. The number of alkyl carbamates (subject to hydrolysis) is 1. The Balaban J connectivity index is 2.35. The highest BCUT2D eigenvalue weighted by molar-refractivity contribution is 5.68. The van der Waals surface area contributed by atoms with Crippen LogP contribution in [-0.2, 0) is 4.74 Å². The maximum atomic E-state index is 11.5. The SMILES string of the molecule is CC(C)(C)OC(=O)N[C@H]1CC[C@H](N)C(O)C1. The number of hydrogen-bond acceptors (Lipinski definition) is 4. The molecule has 0 spiro atoms. The highest BCUT2D eigenvalue weighted by Gasteiger charge is 2.28. The molecule has 1 saturated carbocycles. The molecule has 1 unspecified atom stereocenters. The largest absolute Gasteiger partial charge is 0.444 e. The summed E-state index contributed by atoms with van der Waals surface area (Å²) in [6, 6.07) is -0.207. The van der Waals surface area contributed by atoms with E-state index in [1.807, 2.05) is 20.8 Å². The number of nitrogens with two attached hydrogens (primary N) is 1. The number of carbonyl (C=O) groups is 1. The highest BCUT2D eigenvalue weighted by atomic mass is 16.6. The van der Waals surface area contributed by atoms with E-state index in [1.54, 1.807) is 0 Å². The van der Waals surface area contributed by atoms with Gasteiger partial charge in [0.1, 0.15) is 5.60 Å². The number of aliphatic hydroxyl groups is 1. The summed E-state index contributed by atoms with van der Waals surface area (Å²) in [6.45, 7) is 5.45. The Hall–Kier alpha value is -0.810. The van der Waals surface area contributed by atoms with Crippen molar-refractivity contribution in [1.82, 2.24) is 5.32 Å². The quantitative estimate of drug-likeness (QED) is 0.620. The molecule has 1 amide bonds. The zero-order valence-electron chi connectivity index (χ0n) is 10.2. The van der Waals surface area contributed by atoms with Crippen molar-refractivity contribution < 1.29 is 14.6 Å². The van der Waals surface area contributed by atoms with E-state index in [0.29, 0.717) is 6.42 Å². The molecule has 5 nitrogen and oxygen atoms in total. The number of hydrogen-bond donors (Lipinski definition) is 3. The van der Waals surface area contributed by atoms with Gasteiger partial charge in [-0.1, -0.05) is 0 Å². The lowest BCUT2D eigenvalue weighted by molar-refractivity contribution is 0.0429. The monoisotopic (exact) mass is 230 g/mol. The lowest BCUT2D eigenvalue weighted by Crippen LogP contribution is -2.48. The van der Waals surface area contributed by atoms with Crippen molar-refractivity contribution in [3.05, 3.63) is 0 Å². The number of aliphatic hydroxyl groups excluding tert-OH is 1. The molecule has 1 aliphatic carbocycles. The van der Waals surface area contributed by atoms with E-state index in [2.05, 4.69) is 5.32 Å². The van der Waals surface area contributed by atoms with Gasteiger partial charge in [-0.15, -0.1) is 0 Å². The number of carbonyl (C=O) groups excluding carboxylic acids is 1. The second-order valence-corrected chi connectivity index (χ2v) is 5.39. The Morgan fingerprint density at radius 2 is 2.06 bits per heavy atom. The van der Waals surface area contributed by atoms with Gasteiger partial charge in [0.15, 0.2) is 0 Å². The van der Waals surface area contributed by atoms with Crippen molar-refractivity contribution in [2.24, 2.45) is 5.73 Å². The molecular weight excluding hydrogens is 208 g/mol. The molecule has 0 aromatic heterocycles. The van der Waals surface area contributed by atoms with Crippen molar-refractivity contribution in [3.8, 4) is 0 Å². The molecule has 16 heavy (non-hydrogen) atoms. The fraction of sp³-hybridized carbons (Fsp3) is 0.909. The standard InChI is InChI=1S/C11H22N2O3/c1-11(2,3)16-10(15)13-7-4-5-8(12)9(14)6-7/h7-9,14H,4-6,12H2,1-3H3,(H,13,15)/t7-,8-,9?/m0/s1. The summed E-state index contributed by atoms with van der Waals surface area (Å²) in [7, 11) is 0. The van der Waals surface area contributed by atoms with E-state index in [-0.39, 0.29) is 12.1 Å². The fourth-order valence-corrected chi connectivity index (χ4v) is 1.78. The molecule has 5 heteroatoms. The van der Waals surface area contributed by atoms with E-state index >= 15 is 0 Å². The maximum absolute atomic E-state index is 11.5. The van der Waals surface area contributed by atoms with Crippen LogP contribution in [-0.4, -0.2) is 35.0 Å². The zero-order valence-corrected chi connectivity index (χ0v) is 10.2. The average Bonchev–Trinajstić information content (AvgIpc) is 2.08. The van der Waals surface area contributed by atoms with E-state index in [9.17, 15) is 9.90 Å². The molecule has 0 aliphatic heterocycles. The smallest absolute Gasteiger partial charge is 0.407 e. The van der Waals surface area contributed by atoms with Gasteiger partial charge in [0, 0.05) is 12.1 Å². The van der Waals surface area contributed by atoms with Gasteiger partial charge in [-0.3, -0.25) is 0 Å². The molecule has 94 valence electrons. The Kier molecular flexibility index (Phi) is 4.15. The predicted octanol–water partition coefficient (Wildman–Crippen LogP) is 0.752. The van der Waals surface area contributed by atoms with Crippen LogP contribution in [0.1, 0.15) is 40.0 Å². The molecule has 0 bridgehead atoms. The summed E-state index contributed by atoms with van der Waals surface area (Å²) in [5.41, 5.74) is 5.19. The molecule has 1 aliphatic rings. The molecule has 1 rings (SSSR count). The number of ether oxygens (including phenoxy) is 1. The van der Waals surface area contributed by atoms with Crippen molar-refractivity contribution in [3.63, 3.8) is 0 Å². The van der Waals surface area contributed by atoms with Crippen molar-refractivity contribution in [2.75, 3.05) is 0 Å². The molecule has 0 aromatic rings. The molecule has 4 N–H and O–H groups in total. The molecule has 0 aromatic carbocycles. The van der Waals surface area contributed by atoms with Gasteiger partial charge < -0.3 is 20.9 Å². The Labute approximate surface area is 96.3 Å². The maximum Gasteiger partial charge on any atom is 0.407 e. The van der Waals surface area contributed by atoms with E-state index in [0.717, 1.165) is 12.8 Å². The average molecular weight is 230 g/mol. The minimum absolute atomic E-state index is 0.0374. The minimum Gasteiger partial charge on any atom is -0.444 e. The van der Waals surface area contributed by atoms with Gasteiger partial charge >= 0.3 is 6.09 Å². The normalized spacial score (nSPS) is 30.9. The zero-order chi connectivity index (χ0) is 12.3. The third-order valence-electron chi connectivity index (χ3n) is 2.59. The first-order chi connectivity index (χ1) is 7.28. The van der Waals surface area contributed by atoms with Crippen LogP contribution in [0.15, 0.2) is 0 Å². The van der Waals surface area contributed by atoms with Crippen LogP contribution in [0.25, 0.3) is 0 Å². The van der Waals surface area contributed by atoms with E-state index < -0.39 is 17.8 Å². The number of nitrogens with one attached hydrogen (secondary N) is 1. The summed E-state index contributed by atoms with van der Waals surface area (Å²) < 4.78 is 5.14. The van der Waals surface area contributed by atoms with Crippen LogP contribution < -0.4 is 11.1 Å². The number of rotatable bonds is 1. The molecule has 0 saturated heterocycles. The lowest BCUT2D eigenvalue weighted by atomic mass is 9.89. The van der Waals surface area contributed by atoms with Crippen molar-refractivity contribution >= 4 is 6.09 Å². The van der Waals surface area contributed by atoms with Crippen LogP contribution in [0, 0.1) is 0 Å². The Bertz CT molecular complexity index is 250. The topological polar surface area (TPSA) is 84.6 Å². The molecule has 1 fully saturated rings. The summed E-state index contributed by atoms with van der Waals surface area (Å²) in [5.74, 6) is 0. The molecule has 0 heterocycles. The second-order valence-electron chi connectivity index (χ2n) is 5.39. The minimum atomic E-state index is -0.534. The van der Waals surface area contributed by atoms with E-state index in [4.69, 9.17) is 10.5 Å². The molecular formula is C11H22N2O3. The summed E-state index contributed by atoms with van der Waals surface area (Å²) in [6.07, 6.45) is 1.05. The first kappa shape index (κ1) is 13.3. The van der Waals surface area contributed by atoms with E-state index in [1.165, 1.54) is 0 Å². The van der Waals surface area contributed by atoms with Gasteiger partial charge in [0.2, 0.25) is 0 Å². The van der Waals surface area contributed by atoms with Gasteiger partial charge in [0.25, 0.3) is 0 Å².